The normalized spacial score (nSPS) is 9.75. The molecule has 0 aliphatic heterocycles. The highest BCUT2D eigenvalue weighted by Gasteiger charge is 1.95. The molecule has 1 aromatic rings. The van der Waals surface area contributed by atoms with Gasteiger partial charge in [0.25, 0.3) is 0 Å². The maximum Gasteiger partial charge on any atom is 0.247 e. The minimum atomic E-state index is -0.467. The van der Waals surface area contributed by atoms with Crippen molar-refractivity contribution >= 4 is 16.8 Å². The van der Waals surface area contributed by atoms with Crippen LogP contribution in [-0.4, -0.2) is 11.8 Å². The number of carbonyl (C=O) groups is 1. The summed E-state index contributed by atoms with van der Waals surface area (Å²) in [6.07, 6.45) is 0. The van der Waals surface area contributed by atoms with Crippen molar-refractivity contribution in [2.24, 2.45) is 0 Å². The van der Waals surface area contributed by atoms with Crippen LogP contribution in [0.4, 0.5) is 0 Å². The van der Waals surface area contributed by atoms with Gasteiger partial charge >= 0.3 is 0 Å². The van der Waals surface area contributed by atoms with Gasteiger partial charge in [0.15, 0.2) is 0 Å². The summed E-state index contributed by atoms with van der Waals surface area (Å²) in [6, 6.07) is 9.62. The predicted molar refractivity (Wildman–Crippen MR) is 47.0 cm³/mol. The van der Waals surface area contributed by atoms with E-state index >= 15 is 0 Å². The first-order valence-corrected chi connectivity index (χ1v) is 3.97. The van der Waals surface area contributed by atoms with E-state index in [2.05, 4.69) is 0 Å². The molecule has 1 rings (SSSR count). The number of benzene rings is 1. The van der Waals surface area contributed by atoms with E-state index in [0.717, 1.165) is 5.56 Å². The minimum Gasteiger partial charge on any atom is -0.368 e. The van der Waals surface area contributed by atoms with Gasteiger partial charge in [-0.2, -0.15) is 0 Å². The second kappa shape index (κ2) is 4.91. The van der Waals surface area contributed by atoms with Gasteiger partial charge in [0.2, 0.25) is 5.24 Å². The monoisotopic (exact) mass is 185 g/mol. The number of rotatable bonds is 4. The number of halogens is 1. The van der Waals surface area contributed by atoms with Crippen LogP contribution in [0.15, 0.2) is 30.3 Å². The lowest BCUT2D eigenvalue weighted by atomic mass is 10.2. The Morgan fingerprint density at radius 1 is 1.33 bits per heavy atom. The first-order chi connectivity index (χ1) is 5.79. The summed E-state index contributed by atoms with van der Waals surface area (Å²) < 4.78 is 5.00. The van der Waals surface area contributed by atoms with Crippen molar-refractivity contribution in [1.29, 1.82) is 0 Å². The second-order valence-corrected chi connectivity index (χ2v) is 2.76. The van der Waals surface area contributed by atoms with Crippen molar-refractivity contribution in [3.8, 4) is 0 Å². The Balaban J connectivity index is 2.29. The Bertz CT molecular complexity index is 246. The lowest BCUT2D eigenvalue weighted by Gasteiger charge is -1.99. The number of hydrogen-bond donors (Lipinski definition) is 0. The van der Waals surface area contributed by atoms with E-state index < -0.39 is 5.24 Å². The summed E-state index contributed by atoms with van der Waals surface area (Å²) in [6.45, 7) is 0.399. The maximum atomic E-state index is 10.3. The first-order valence-electron chi connectivity index (χ1n) is 3.59. The summed E-state index contributed by atoms with van der Waals surface area (Å²) in [5, 5.41) is -0.467. The van der Waals surface area contributed by atoms with Gasteiger partial charge in [0, 0.05) is 0 Å². The zero-order chi connectivity index (χ0) is 8.81. The fourth-order valence-electron chi connectivity index (χ4n) is 0.823. The SMILES string of the molecule is O=C(Cl)[13CH2]OCc1ccccc1. The molecular weight excluding hydrogens is 177 g/mol. The van der Waals surface area contributed by atoms with Gasteiger partial charge in [-0.3, -0.25) is 4.79 Å². The Morgan fingerprint density at radius 2 is 2.00 bits per heavy atom. The summed E-state index contributed by atoms with van der Waals surface area (Å²) in [4.78, 5) is 10.3. The smallest absolute Gasteiger partial charge is 0.247 e. The fourth-order valence-corrected chi connectivity index (χ4v) is 0.901. The summed E-state index contributed by atoms with van der Waals surface area (Å²) in [7, 11) is 0. The van der Waals surface area contributed by atoms with Crippen LogP contribution in [-0.2, 0) is 16.1 Å². The van der Waals surface area contributed by atoms with Crippen LogP contribution in [0.3, 0.4) is 0 Å². The molecule has 2 nitrogen and oxygen atoms in total. The van der Waals surface area contributed by atoms with E-state index in [0.29, 0.717) is 6.61 Å². The minimum absolute atomic E-state index is 0.0313. The molecule has 0 heterocycles. The molecule has 12 heavy (non-hydrogen) atoms. The van der Waals surface area contributed by atoms with E-state index in [1.807, 2.05) is 30.3 Å². The zero-order valence-electron chi connectivity index (χ0n) is 6.50. The highest BCUT2D eigenvalue weighted by Crippen LogP contribution is 2.00. The average Bonchev–Trinajstić information content (AvgIpc) is 2.05. The predicted octanol–water partition coefficient (Wildman–Crippen LogP) is 1.97. The van der Waals surface area contributed by atoms with Crippen LogP contribution < -0.4 is 0 Å². The highest BCUT2D eigenvalue weighted by molar-refractivity contribution is 6.63. The molecule has 3 heteroatoms. The third kappa shape index (κ3) is 3.51. The Kier molecular flexibility index (Phi) is 3.77. The molecule has 64 valence electrons. The molecule has 0 aliphatic carbocycles. The van der Waals surface area contributed by atoms with Crippen molar-refractivity contribution in [2.45, 2.75) is 6.61 Å². The zero-order valence-corrected chi connectivity index (χ0v) is 7.25. The summed E-state index contributed by atoms with van der Waals surface area (Å²) in [5.41, 5.74) is 1.04. The third-order valence-corrected chi connectivity index (χ3v) is 1.44. The van der Waals surface area contributed by atoms with E-state index in [1.54, 1.807) is 0 Å². The molecule has 0 saturated carbocycles. The average molecular weight is 186 g/mol. The summed E-state index contributed by atoms with van der Waals surface area (Å²) in [5.74, 6) is 0. The van der Waals surface area contributed by atoms with E-state index in [4.69, 9.17) is 16.3 Å². The second-order valence-electron chi connectivity index (χ2n) is 2.33. The Labute approximate surface area is 76.1 Å². The van der Waals surface area contributed by atoms with Crippen LogP contribution in [0.2, 0.25) is 0 Å². The quantitative estimate of drug-likeness (QED) is 0.530. The molecule has 0 N–H and O–H groups in total. The molecule has 0 amide bonds. The molecular formula is C9H9ClO2. The van der Waals surface area contributed by atoms with Crippen LogP contribution in [0.25, 0.3) is 0 Å². The van der Waals surface area contributed by atoms with E-state index in [9.17, 15) is 4.79 Å². The van der Waals surface area contributed by atoms with Gasteiger partial charge in [-0.1, -0.05) is 30.3 Å². The molecule has 0 aliphatic rings. The highest BCUT2D eigenvalue weighted by atomic mass is 35.5. The molecule has 1 aromatic carbocycles. The molecule has 0 bridgehead atoms. The molecule has 0 unspecified atom stereocenters. The van der Waals surface area contributed by atoms with Gasteiger partial charge in [-0.05, 0) is 17.2 Å². The topological polar surface area (TPSA) is 26.3 Å². The first kappa shape index (κ1) is 9.23. The standard InChI is InChI=1S/C9H9ClO2/c10-9(11)7-12-6-8-4-2-1-3-5-8/h1-5H,6-7H2/i7+1. The van der Waals surface area contributed by atoms with E-state index in [-0.39, 0.29) is 6.61 Å². The lowest BCUT2D eigenvalue weighted by Crippen LogP contribution is -2.01. The maximum absolute atomic E-state index is 10.3. The Morgan fingerprint density at radius 3 is 2.58 bits per heavy atom. The van der Waals surface area contributed by atoms with Crippen molar-refractivity contribution in [3.05, 3.63) is 35.9 Å². The molecule has 0 fully saturated rings. The third-order valence-electron chi connectivity index (χ3n) is 1.33. The van der Waals surface area contributed by atoms with Gasteiger partial charge in [-0.25, -0.2) is 0 Å². The largest absolute Gasteiger partial charge is 0.368 e. The molecule has 0 saturated heterocycles. The molecule has 0 aromatic heterocycles. The van der Waals surface area contributed by atoms with Gasteiger partial charge in [0.05, 0.1) is 6.61 Å². The molecule has 0 radical (unpaired) electrons. The van der Waals surface area contributed by atoms with Gasteiger partial charge in [0.1, 0.15) is 6.61 Å². The van der Waals surface area contributed by atoms with Crippen LogP contribution in [0.1, 0.15) is 5.56 Å². The molecule has 0 atom stereocenters. The van der Waals surface area contributed by atoms with Crippen molar-refractivity contribution in [3.63, 3.8) is 0 Å². The number of hydrogen-bond acceptors (Lipinski definition) is 2. The Hall–Kier alpha value is -0.860. The fraction of sp³-hybridized carbons (Fsp3) is 0.222. The van der Waals surface area contributed by atoms with Crippen LogP contribution in [0.5, 0.6) is 0 Å². The number of ether oxygens (including phenoxy) is 1. The molecule has 0 spiro atoms. The van der Waals surface area contributed by atoms with Crippen molar-refractivity contribution in [1.82, 2.24) is 0 Å². The lowest BCUT2D eigenvalue weighted by molar-refractivity contribution is -0.116. The van der Waals surface area contributed by atoms with Crippen LogP contribution in [0, 0.1) is 0 Å². The van der Waals surface area contributed by atoms with Crippen molar-refractivity contribution < 1.29 is 9.53 Å². The van der Waals surface area contributed by atoms with Gasteiger partial charge < -0.3 is 4.74 Å². The van der Waals surface area contributed by atoms with E-state index in [1.165, 1.54) is 0 Å². The summed E-state index contributed by atoms with van der Waals surface area (Å²) >= 11 is 5.08. The van der Waals surface area contributed by atoms with Crippen LogP contribution >= 0.6 is 11.6 Å². The number of carbonyl (C=O) groups excluding carboxylic acids is 1. The van der Waals surface area contributed by atoms with Gasteiger partial charge in [-0.15, -0.1) is 0 Å². The van der Waals surface area contributed by atoms with Crippen molar-refractivity contribution in [2.75, 3.05) is 6.61 Å².